The van der Waals surface area contributed by atoms with Crippen molar-refractivity contribution >= 4 is 28.6 Å². The van der Waals surface area contributed by atoms with Gasteiger partial charge in [-0.1, -0.05) is 23.4 Å². The topological polar surface area (TPSA) is 72.7 Å². The number of aryl methyl sites for hydroxylation is 3. The molecule has 2 aromatic heterocycles. The molecule has 1 amide bonds. The van der Waals surface area contributed by atoms with Gasteiger partial charge in [-0.2, -0.15) is 0 Å². The molecular weight excluding hydrogens is 394 g/mol. The molecule has 0 saturated heterocycles. The number of hydrogen-bond donors (Lipinski definition) is 1. The molecule has 1 unspecified atom stereocenters. The van der Waals surface area contributed by atoms with E-state index in [-0.39, 0.29) is 11.9 Å². The molecular formula is C23H27N5OS. The van der Waals surface area contributed by atoms with Gasteiger partial charge in [-0.05, 0) is 63.3 Å². The van der Waals surface area contributed by atoms with Crippen LogP contribution in [0, 0.1) is 13.8 Å². The molecule has 1 aliphatic carbocycles. The predicted molar refractivity (Wildman–Crippen MR) is 119 cm³/mol. The van der Waals surface area contributed by atoms with E-state index in [2.05, 4.69) is 58.2 Å². The first-order valence-corrected chi connectivity index (χ1v) is 11.8. The quantitative estimate of drug-likeness (QED) is 0.632. The van der Waals surface area contributed by atoms with E-state index in [9.17, 15) is 4.79 Å². The van der Waals surface area contributed by atoms with Gasteiger partial charge in [0.1, 0.15) is 11.6 Å². The summed E-state index contributed by atoms with van der Waals surface area (Å²) in [4.78, 5) is 17.3. The van der Waals surface area contributed by atoms with Crippen molar-refractivity contribution < 1.29 is 4.79 Å². The fourth-order valence-electron chi connectivity index (χ4n) is 4.26. The average Bonchev–Trinajstić information content (AvgIpc) is 3.52. The van der Waals surface area contributed by atoms with Crippen LogP contribution in [0.2, 0.25) is 0 Å². The number of carbonyl (C=O) groups is 1. The van der Waals surface area contributed by atoms with Gasteiger partial charge in [0, 0.05) is 30.3 Å². The molecule has 1 N–H and O–H groups in total. The molecule has 1 aliphatic heterocycles. The van der Waals surface area contributed by atoms with Gasteiger partial charge in [0.05, 0.1) is 16.3 Å². The number of hydrogen-bond acceptors (Lipinski definition) is 5. The molecule has 1 saturated carbocycles. The van der Waals surface area contributed by atoms with Crippen molar-refractivity contribution in [3.63, 3.8) is 0 Å². The number of amides is 1. The lowest BCUT2D eigenvalue weighted by Crippen LogP contribution is -2.36. The number of benzene rings is 1. The van der Waals surface area contributed by atoms with Gasteiger partial charge < -0.3 is 9.88 Å². The summed E-state index contributed by atoms with van der Waals surface area (Å²) in [6.45, 7) is 5.10. The first-order valence-electron chi connectivity index (χ1n) is 10.8. The lowest BCUT2D eigenvalue weighted by atomic mass is 10.1. The molecule has 2 aliphatic rings. The molecule has 0 radical (unpaired) electrons. The van der Waals surface area contributed by atoms with Crippen LogP contribution in [0.25, 0.3) is 10.9 Å². The van der Waals surface area contributed by atoms with Gasteiger partial charge in [-0.3, -0.25) is 4.79 Å². The van der Waals surface area contributed by atoms with Gasteiger partial charge >= 0.3 is 0 Å². The Kier molecular flexibility index (Phi) is 5.23. The van der Waals surface area contributed by atoms with Crippen LogP contribution >= 0.6 is 11.8 Å². The van der Waals surface area contributed by atoms with Crippen molar-refractivity contribution in [3.05, 3.63) is 47.0 Å². The minimum Gasteiger partial charge on any atom is -0.353 e. The predicted octanol–water partition coefficient (Wildman–Crippen LogP) is 3.93. The third-order valence-electron chi connectivity index (χ3n) is 6.08. The van der Waals surface area contributed by atoms with Gasteiger partial charge in [-0.25, -0.2) is 4.98 Å². The largest absolute Gasteiger partial charge is 0.353 e. The van der Waals surface area contributed by atoms with Gasteiger partial charge in [0.2, 0.25) is 5.91 Å². The maximum absolute atomic E-state index is 12.6. The smallest absolute Gasteiger partial charge is 0.230 e. The number of fused-ring (bicyclic) bond motifs is 2. The summed E-state index contributed by atoms with van der Waals surface area (Å²) in [5, 5.41) is 14.1. The van der Waals surface area contributed by atoms with E-state index in [1.807, 2.05) is 0 Å². The van der Waals surface area contributed by atoms with E-state index < -0.39 is 0 Å². The first kappa shape index (κ1) is 19.5. The Morgan fingerprint density at radius 3 is 2.87 bits per heavy atom. The molecule has 1 fully saturated rings. The maximum Gasteiger partial charge on any atom is 0.230 e. The monoisotopic (exact) mass is 421 g/mol. The molecule has 1 aromatic carbocycles. The van der Waals surface area contributed by atoms with Crippen LogP contribution in [-0.2, 0) is 17.8 Å². The highest BCUT2D eigenvalue weighted by molar-refractivity contribution is 7.99. The van der Waals surface area contributed by atoms with E-state index in [4.69, 9.17) is 4.98 Å². The Labute approximate surface area is 180 Å². The SMILES string of the molecule is Cc1ccc2nc(SCC(=O)NC3CCc4nnc(C5CC5)n4CC3)cc(C)c2c1. The molecule has 3 aromatic rings. The van der Waals surface area contributed by atoms with Crippen LogP contribution in [0.5, 0.6) is 0 Å². The minimum absolute atomic E-state index is 0.0773. The summed E-state index contributed by atoms with van der Waals surface area (Å²) in [7, 11) is 0. The zero-order chi connectivity index (χ0) is 20.7. The molecule has 0 spiro atoms. The van der Waals surface area contributed by atoms with Gasteiger partial charge in [0.15, 0.2) is 0 Å². The molecule has 5 rings (SSSR count). The highest BCUT2D eigenvalue weighted by Crippen LogP contribution is 2.39. The Morgan fingerprint density at radius 2 is 2.03 bits per heavy atom. The summed E-state index contributed by atoms with van der Waals surface area (Å²) >= 11 is 1.51. The van der Waals surface area contributed by atoms with E-state index in [1.165, 1.54) is 41.1 Å². The van der Waals surface area contributed by atoms with Crippen LogP contribution in [-0.4, -0.2) is 37.5 Å². The number of nitrogens with zero attached hydrogens (tertiary/aromatic N) is 4. The van der Waals surface area contributed by atoms with E-state index in [1.54, 1.807) is 0 Å². The Morgan fingerprint density at radius 1 is 1.17 bits per heavy atom. The van der Waals surface area contributed by atoms with E-state index in [0.29, 0.717) is 11.7 Å². The summed E-state index contributed by atoms with van der Waals surface area (Å²) < 4.78 is 2.29. The number of nitrogens with one attached hydrogen (secondary N) is 1. The zero-order valence-corrected chi connectivity index (χ0v) is 18.3. The van der Waals surface area contributed by atoms with Crippen LogP contribution in [0.3, 0.4) is 0 Å². The summed E-state index contributed by atoms with van der Waals surface area (Å²) in [6.07, 6.45) is 5.21. The molecule has 6 nitrogen and oxygen atoms in total. The van der Waals surface area contributed by atoms with Crippen molar-refractivity contribution in [1.82, 2.24) is 25.1 Å². The Bertz CT molecular complexity index is 1100. The minimum atomic E-state index is 0.0773. The van der Waals surface area contributed by atoms with Crippen LogP contribution in [0.1, 0.15) is 54.4 Å². The highest BCUT2D eigenvalue weighted by atomic mass is 32.2. The molecule has 0 bridgehead atoms. The molecule has 3 heterocycles. The van der Waals surface area contributed by atoms with Crippen molar-refractivity contribution in [1.29, 1.82) is 0 Å². The number of thioether (sulfide) groups is 1. The molecule has 156 valence electrons. The van der Waals surface area contributed by atoms with Gasteiger partial charge in [0.25, 0.3) is 0 Å². The summed E-state index contributed by atoms with van der Waals surface area (Å²) in [5.41, 5.74) is 3.42. The Hall–Kier alpha value is -2.41. The summed E-state index contributed by atoms with van der Waals surface area (Å²) in [5.74, 6) is 3.30. The second kappa shape index (κ2) is 8.02. The lowest BCUT2D eigenvalue weighted by Gasteiger charge is -2.16. The Balaban J connectivity index is 1.18. The number of pyridine rings is 1. The van der Waals surface area contributed by atoms with Crippen molar-refractivity contribution in [2.75, 3.05) is 5.75 Å². The maximum atomic E-state index is 12.6. The average molecular weight is 422 g/mol. The standard InChI is InChI=1S/C23H27N5OS/c1-14-3-7-19-18(11-14)15(2)12-22(25-19)30-13-21(29)24-17-6-8-20-26-27-23(16-4-5-16)28(20)10-9-17/h3,7,11-12,16-17H,4-6,8-10,13H2,1-2H3,(H,24,29). The van der Waals surface area contributed by atoms with Crippen LogP contribution in [0.4, 0.5) is 0 Å². The zero-order valence-electron chi connectivity index (χ0n) is 17.5. The third kappa shape index (κ3) is 4.08. The fourth-order valence-corrected chi connectivity index (χ4v) is 5.04. The van der Waals surface area contributed by atoms with E-state index in [0.717, 1.165) is 48.0 Å². The van der Waals surface area contributed by atoms with Crippen molar-refractivity contribution in [3.8, 4) is 0 Å². The lowest BCUT2D eigenvalue weighted by molar-refractivity contribution is -0.119. The van der Waals surface area contributed by atoms with Crippen LogP contribution in [0.15, 0.2) is 29.3 Å². The second-order valence-electron chi connectivity index (χ2n) is 8.58. The second-order valence-corrected chi connectivity index (χ2v) is 9.57. The van der Waals surface area contributed by atoms with Crippen molar-refractivity contribution in [2.24, 2.45) is 0 Å². The van der Waals surface area contributed by atoms with Gasteiger partial charge in [-0.15, -0.1) is 10.2 Å². The number of carbonyl (C=O) groups excluding carboxylic acids is 1. The molecule has 1 atom stereocenters. The highest BCUT2D eigenvalue weighted by Gasteiger charge is 2.31. The number of rotatable bonds is 5. The number of aromatic nitrogens is 4. The summed E-state index contributed by atoms with van der Waals surface area (Å²) in [6, 6.07) is 8.58. The third-order valence-corrected chi connectivity index (χ3v) is 6.99. The van der Waals surface area contributed by atoms with E-state index >= 15 is 0 Å². The normalized spacial score (nSPS) is 18.8. The van der Waals surface area contributed by atoms with Crippen molar-refractivity contribution in [2.45, 2.75) is 69.5 Å². The fraction of sp³-hybridized carbons (Fsp3) is 0.478. The van der Waals surface area contributed by atoms with Crippen LogP contribution < -0.4 is 5.32 Å². The molecule has 7 heteroatoms. The first-order chi connectivity index (χ1) is 14.6. The molecule has 30 heavy (non-hydrogen) atoms.